The van der Waals surface area contributed by atoms with Crippen molar-refractivity contribution in [1.29, 1.82) is 0 Å². The monoisotopic (exact) mass is 369 g/mol. The first-order chi connectivity index (χ1) is 12.2. The first-order valence-electron chi connectivity index (χ1n) is 9.10. The second kappa shape index (κ2) is 6.60. The predicted molar refractivity (Wildman–Crippen MR) is 107 cm³/mol. The van der Waals surface area contributed by atoms with Gasteiger partial charge in [-0.15, -0.1) is 12.4 Å². The molecule has 0 radical (unpaired) electrons. The van der Waals surface area contributed by atoms with Gasteiger partial charge in [0, 0.05) is 25.0 Å². The number of halogens is 1. The average molecular weight is 370 g/mol. The van der Waals surface area contributed by atoms with Crippen molar-refractivity contribution < 1.29 is 4.74 Å². The van der Waals surface area contributed by atoms with Crippen LogP contribution in [0.3, 0.4) is 0 Å². The SMILES string of the molecule is Cc1c(C)n(CC2CO2)c2c(N3CCc4ccccc4C3)ccnc12.Cl. The van der Waals surface area contributed by atoms with Crippen molar-refractivity contribution in [2.24, 2.45) is 0 Å². The van der Waals surface area contributed by atoms with E-state index in [4.69, 9.17) is 9.72 Å². The summed E-state index contributed by atoms with van der Waals surface area (Å²) in [5.41, 5.74) is 9.23. The van der Waals surface area contributed by atoms with Gasteiger partial charge in [-0.05, 0) is 43.0 Å². The van der Waals surface area contributed by atoms with E-state index in [1.807, 2.05) is 6.20 Å². The molecular formula is C21H24ClN3O. The van der Waals surface area contributed by atoms with Crippen LogP contribution in [0.4, 0.5) is 5.69 Å². The van der Waals surface area contributed by atoms with Crippen LogP contribution in [0.2, 0.25) is 0 Å². The van der Waals surface area contributed by atoms with Gasteiger partial charge in [0.15, 0.2) is 0 Å². The molecule has 5 heteroatoms. The number of hydrogen-bond acceptors (Lipinski definition) is 3. The summed E-state index contributed by atoms with van der Waals surface area (Å²) >= 11 is 0. The van der Waals surface area contributed by atoms with Crippen LogP contribution < -0.4 is 4.90 Å². The van der Waals surface area contributed by atoms with Crippen molar-refractivity contribution in [1.82, 2.24) is 9.55 Å². The van der Waals surface area contributed by atoms with Gasteiger partial charge in [-0.3, -0.25) is 4.98 Å². The van der Waals surface area contributed by atoms with Gasteiger partial charge >= 0.3 is 0 Å². The lowest BCUT2D eigenvalue weighted by Gasteiger charge is -2.31. The quantitative estimate of drug-likeness (QED) is 0.653. The van der Waals surface area contributed by atoms with Gasteiger partial charge in [-0.1, -0.05) is 24.3 Å². The summed E-state index contributed by atoms with van der Waals surface area (Å²) in [6.07, 6.45) is 3.43. The molecule has 2 aromatic heterocycles. The molecule has 0 spiro atoms. The summed E-state index contributed by atoms with van der Waals surface area (Å²) in [7, 11) is 0. The molecule has 2 aliphatic rings. The number of fused-ring (bicyclic) bond motifs is 2. The minimum absolute atomic E-state index is 0. The maximum absolute atomic E-state index is 5.50. The number of aromatic nitrogens is 2. The molecule has 1 unspecified atom stereocenters. The number of epoxide rings is 1. The highest BCUT2D eigenvalue weighted by Gasteiger charge is 2.27. The second-order valence-corrected chi connectivity index (χ2v) is 7.24. The Balaban J connectivity index is 0.00000168. The van der Waals surface area contributed by atoms with Crippen LogP contribution in [0, 0.1) is 13.8 Å². The molecule has 0 N–H and O–H groups in total. The molecule has 1 fully saturated rings. The Kier molecular flexibility index (Phi) is 4.41. The smallest absolute Gasteiger partial charge is 0.0988 e. The van der Waals surface area contributed by atoms with Crippen molar-refractivity contribution in [3.8, 4) is 0 Å². The van der Waals surface area contributed by atoms with E-state index in [2.05, 4.69) is 53.6 Å². The van der Waals surface area contributed by atoms with Crippen molar-refractivity contribution in [2.45, 2.75) is 39.5 Å². The second-order valence-electron chi connectivity index (χ2n) is 7.24. The largest absolute Gasteiger partial charge is 0.371 e. The number of anilines is 1. The van der Waals surface area contributed by atoms with Crippen molar-refractivity contribution in [3.63, 3.8) is 0 Å². The molecule has 1 saturated heterocycles. The molecule has 0 aliphatic carbocycles. The summed E-state index contributed by atoms with van der Waals surface area (Å²) in [5, 5.41) is 0. The number of nitrogens with zero attached hydrogens (tertiary/aromatic N) is 3. The van der Waals surface area contributed by atoms with Crippen molar-refractivity contribution in [2.75, 3.05) is 18.1 Å². The third-order valence-electron chi connectivity index (χ3n) is 5.74. The minimum atomic E-state index is 0. The zero-order valence-electron chi connectivity index (χ0n) is 15.2. The molecule has 1 aromatic carbocycles. The van der Waals surface area contributed by atoms with E-state index in [1.165, 1.54) is 33.6 Å². The summed E-state index contributed by atoms with van der Waals surface area (Å²) < 4.78 is 7.92. The number of rotatable bonds is 3. The van der Waals surface area contributed by atoms with Crippen LogP contribution in [-0.2, 0) is 24.2 Å². The Hall–Kier alpha value is -2.04. The summed E-state index contributed by atoms with van der Waals surface area (Å²) in [5.74, 6) is 0. The molecule has 5 rings (SSSR count). The van der Waals surface area contributed by atoms with Gasteiger partial charge in [0.2, 0.25) is 0 Å². The topological polar surface area (TPSA) is 33.6 Å². The van der Waals surface area contributed by atoms with Crippen LogP contribution in [-0.4, -0.2) is 28.8 Å². The standard InChI is InChI=1S/C21H23N3O.ClH/c1-14-15(2)24(12-18-13-25-18)21-19(7-9-22-20(14)21)23-10-8-16-5-3-4-6-17(16)11-23;/h3-7,9,18H,8,10-13H2,1-2H3;1H. The Bertz CT molecular complexity index is 961. The van der Waals surface area contributed by atoms with E-state index in [1.54, 1.807) is 0 Å². The Morgan fingerprint density at radius 2 is 1.92 bits per heavy atom. The third kappa shape index (κ3) is 2.78. The van der Waals surface area contributed by atoms with Crippen LogP contribution >= 0.6 is 12.4 Å². The number of pyridine rings is 1. The molecule has 3 aromatic rings. The summed E-state index contributed by atoms with van der Waals surface area (Å²) in [4.78, 5) is 7.21. The fourth-order valence-electron chi connectivity index (χ4n) is 4.09. The van der Waals surface area contributed by atoms with E-state index < -0.39 is 0 Å². The summed E-state index contributed by atoms with van der Waals surface area (Å²) in [6.45, 7) is 8.22. The van der Waals surface area contributed by atoms with Gasteiger partial charge in [0.1, 0.15) is 0 Å². The van der Waals surface area contributed by atoms with Crippen LogP contribution in [0.5, 0.6) is 0 Å². The van der Waals surface area contributed by atoms with Gasteiger partial charge in [-0.25, -0.2) is 0 Å². The molecule has 0 saturated carbocycles. The van der Waals surface area contributed by atoms with Crippen molar-refractivity contribution >= 4 is 29.1 Å². The van der Waals surface area contributed by atoms with Gasteiger partial charge in [0.25, 0.3) is 0 Å². The molecular weight excluding hydrogens is 346 g/mol. The highest BCUT2D eigenvalue weighted by molar-refractivity contribution is 5.92. The first-order valence-corrected chi connectivity index (χ1v) is 9.10. The number of hydrogen-bond donors (Lipinski definition) is 0. The molecule has 1 atom stereocenters. The molecule has 136 valence electrons. The minimum Gasteiger partial charge on any atom is -0.371 e. The molecule has 4 heterocycles. The fourth-order valence-corrected chi connectivity index (χ4v) is 4.09. The van der Waals surface area contributed by atoms with Gasteiger partial charge < -0.3 is 14.2 Å². The normalized spacial score (nSPS) is 18.5. The lowest BCUT2D eigenvalue weighted by molar-refractivity contribution is 0.384. The lowest BCUT2D eigenvalue weighted by atomic mass is 9.99. The number of aryl methyl sites for hydroxylation is 1. The zero-order chi connectivity index (χ0) is 17.0. The Morgan fingerprint density at radius 1 is 1.15 bits per heavy atom. The average Bonchev–Trinajstić information content (AvgIpc) is 3.44. The lowest BCUT2D eigenvalue weighted by Crippen LogP contribution is -2.30. The van der Waals surface area contributed by atoms with E-state index in [-0.39, 0.29) is 12.4 Å². The number of benzene rings is 1. The van der Waals surface area contributed by atoms with Crippen LogP contribution in [0.1, 0.15) is 22.4 Å². The molecule has 0 bridgehead atoms. The zero-order valence-corrected chi connectivity index (χ0v) is 16.1. The van der Waals surface area contributed by atoms with Crippen LogP contribution in [0.15, 0.2) is 36.5 Å². The van der Waals surface area contributed by atoms with Crippen LogP contribution in [0.25, 0.3) is 11.0 Å². The van der Waals surface area contributed by atoms with E-state index in [9.17, 15) is 0 Å². The molecule has 4 nitrogen and oxygen atoms in total. The molecule has 26 heavy (non-hydrogen) atoms. The van der Waals surface area contributed by atoms with Crippen molar-refractivity contribution in [3.05, 3.63) is 58.9 Å². The maximum Gasteiger partial charge on any atom is 0.0988 e. The van der Waals surface area contributed by atoms with E-state index in [0.717, 1.165) is 38.2 Å². The highest BCUT2D eigenvalue weighted by atomic mass is 35.5. The predicted octanol–water partition coefficient (Wildman–Crippen LogP) is 4.04. The molecule has 0 amide bonds. The first kappa shape index (κ1) is 17.4. The highest BCUT2D eigenvalue weighted by Crippen LogP contribution is 2.35. The third-order valence-corrected chi connectivity index (χ3v) is 5.74. The summed E-state index contributed by atoms with van der Waals surface area (Å²) in [6, 6.07) is 11.0. The Labute approximate surface area is 160 Å². The van der Waals surface area contributed by atoms with E-state index >= 15 is 0 Å². The Morgan fingerprint density at radius 3 is 2.69 bits per heavy atom. The maximum atomic E-state index is 5.50. The fraction of sp³-hybridized carbons (Fsp3) is 0.381. The number of ether oxygens (including phenoxy) is 1. The van der Waals surface area contributed by atoms with E-state index in [0.29, 0.717) is 6.10 Å². The molecule has 2 aliphatic heterocycles. The van der Waals surface area contributed by atoms with Gasteiger partial charge in [0.05, 0.1) is 36.0 Å². The van der Waals surface area contributed by atoms with Gasteiger partial charge in [-0.2, -0.15) is 0 Å².